The molecule has 0 bridgehead atoms. The topological polar surface area (TPSA) is 260 Å². The van der Waals surface area contributed by atoms with Crippen molar-refractivity contribution in [2.24, 2.45) is 17.8 Å². The van der Waals surface area contributed by atoms with E-state index in [2.05, 4.69) is 15.2 Å². The maximum absolute atomic E-state index is 14.5. The monoisotopic (exact) mass is 1020 g/mol. The number of benzene rings is 1. The normalized spacial score (nSPS) is 39.0. The second-order valence-corrected chi connectivity index (χ2v) is 22.0. The Morgan fingerprint density at radius 3 is 2.33 bits per heavy atom. The number of rotatable bonds is 16. The predicted octanol–water partition coefficient (Wildman–Crippen LogP) is 3.80. The Balaban J connectivity index is 1.47. The fourth-order valence-electron chi connectivity index (χ4n) is 11.3. The summed E-state index contributed by atoms with van der Waals surface area (Å²) < 4.78 is 40.2. The number of hydrogen-bond donors (Lipinski definition) is 7. The van der Waals surface area contributed by atoms with Crippen LogP contribution in [0.15, 0.2) is 30.5 Å². The Bertz CT molecular complexity index is 2030. The van der Waals surface area contributed by atoms with Gasteiger partial charge in [-0.1, -0.05) is 56.7 Å². The van der Waals surface area contributed by atoms with Crippen LogP contribution < -0.4 is 5.48 Å². The average Bonchev–Trinajstić information content (AvgIpc) is 3.81. The van der Waals surface area contributed by atoms with Crippen molar-refractivity contribution in [1.29, 1.82) is 0 Å². The molecule has 1 amide bonds. The molecule has 0 unspecified atom stereocenters. The van der Waals surface area contributed by atoms with Crippen molar-refractivity contribution >= 4 is 11.9 Å². The molecule has 0 radical (unpaired) electrons. The highest BCUT2D eigenvalue weighted by molar-refractivity contribution is 5.74. The van der Waals surface area contributed by atoms with E-state index in [1.165, 1.54) is 14.0 Å². The van der Waals surface area contributed by atoms with E-state index >= 15 is 0 Å². The Morgan fingerprint density at radius 2 is 1.67 bits per heavy atom. The van der Waals surface area contributed by atoms with E-state index in [1.807, 2.05) is 70.2 Å². The minimum Gasteiger partial charge on any atom is -0.459 e. The zero-order valence-electron chi connectivity index (χ0n) is 45.0. The second kappa shape index (κ2) is 25.5. The average molecular weight is 1020 g/mol. The highest BCUT2D eigenvalue weighted by atomic mass is 16.7. The number of unbranched alkanes of at least 4 members (excludes halogenated alkanes) is 2. The molecule has 20 heteroatoms. The quantitative estimate of drug-likeness (QED) is 0.0546. The number of aromatic nitrogens is 3. The summed E-state index contributed by atoms with van der Waals surface area (Å²) in [6, 6.07) is 6.82. The van der Waals surface area contributed by atoms with Crippen molar-refractivity contribution in [1.82, 2.24) is 30.3 Å². The smallest absolute Gasteiger partial charge is 0.311 e. The number of methoxy groups -OCH3 is 1. The molecule has 20 nitrogen and oxygen atoms in total. The molecule has 0 aliphatic carbocycles. The highest BCUT2D eigenvalue weighted by Gasteiger charge is 2.53. The predicted molar refractivity (Wildman–Crippen MR) is 266 cm³/mol. The lowest BCUT2D eigenvalue weighted by Gasteiger charge is -2.49. The molecule has 1 aromatic heterocycles. The van der Waals surface area contributed by atoms with Gasteiger partial charge in [-0.25, -0.2) is 5.48 Å². The van der Waals surface area contributed by atoms with Gasteiger partial charge in [-0.3, -0.25) is 24.4 Å². The molecule has 410 valence electrons. The van der Waals surface area contributed by atoms with Gasteiger partial charge in [0.05, 0.1) is 47.7 Å². The number of ether oxygens (including phenoxy) is 6. The van der Waals surface area contributed by atoms with Crippen LogP contribution in [-0.2, 0) is 51.1 Å². The van der Waals surface area contributed by atoms with E-state index in [4.69, 9.17) is 33.6 Å². The van der Waals surface area contributed by atoms with E-state index in [-0.39, 0.29) is 31.6 Å². The fourth-order valence-corrected chi connectivity index (χ4v) is 11.3. The molecule has 0 spiro atoms. The molecule has 3 aliphatic rings. The first-order valence-electron chi connectivity index (χ1n) is 26.0. The summed E-state index contributed by atoms with van der Waals surface area (Å²) >= 11 is 0. The summed E-state index contributed by atoms with van der Waals surface area (Å²) in [5, 5.41) is 77.6. The van der Waals surface area contributed by atoms with Crippen LogP contribution in [0.3, 0.4) is 0 Å². The van der Waals surface area contributed by atoms with E-state index in [0.717, 1.165) is 24.0 Å². The number of hydrogen-bond acceptors (Lipinski definition) is 18. The number of esters is 1. The number of nitrogens with zero attached hydrogens (tertiary/aromatic N) is 5. The van der Waals surface area contributed by atoms with Crippen LogP contribution in [0, 0.1) is 17.8 Å². The maximum atomic E-state index is 14.5. The van der Waals surface area contributed by atoms with E-state index in [0.29, 0.717) is 38.2 Å². The molecule has 3 aliphatic heterocycles. The van der Waals surface area contributed by atoms with Gasteiger partial charge >= 0.3 is 5.97 Å². The third kappa shape index (κ3) is 14.4. The molecule has 18 atom stereocenters. The van der Waals surface area contributed by atoms with Crippen LogP contribution in [0.4, 0.5) is 0 Å². The molecule has 72 heavy (non-hydrogen) atoms. The summed E-state index contributed by atoms with van der Waals surface area (Å²) in [5.41, 5.74) is -0.389. The standard InChI is InChI=1S/C52H88N6O14/c1-14-40-52(10,65)45(61)34(6)56(11)27-30(2)25-50(8,64)47(32(4)44(33(5)48(63)70-40)71-42-26-51(9,67-13)46(62)35(7)69-42)72-49-43(60)39(24-31(3)68-49)57(12)28-36-20-17-18-21-37(36)38-29-58(55-53-38)23-19-15-16-22-41(59)54-66/h17-18,20-21,29-35,39-40,42-47,49,60-62,64-66H,14-16,19,22-28H2,1-13H3,(H,54,59)/t30-,31-,32+,33-,34-,35+,39+,40-,42+,43-,44+,45-,46+,47-,49+,50-,51-,52-/m1/s1. The molecule has 0 saturated carbocycles. The number of nitrogens with one attached hydrogen (secondary N) is 1. The fraction of sp³-hybridized carbons (Fsp3) is 0.808. The van der Waals surface area contributed by atoms with Crippen molar-refractivity contribution in [3.05, 3.63) is 36.0 Å². The first-order chi connectivity index (χ1) is 33.8. The van der Waals surface area contributed by atoms with Crippen molar-refractivity contribution in [3.63, 3.8) is 0 Å². The number of cyclic esters (lactones) is 1. The zero-order chi connectivity index (χ0) is 53.5. The van der Waals surface area contributed by atoms with E-state index in [1.54, 1.807) is 51.7 Å². The summed E-state index contributed by atoms with van der Waals surface area (Å²) in [6.45, 7) is 19.0. The molecule has 5 rings (SSSR count). The van der Waals surface area contributed by atoms with Crippen molar-refractivity contribution in [2.45, 2.75) is 224 Å². The van der Waals surface area contributed by atoms with Crippen LogP contribution in [0.25, 0.3) is 11.3 Å². The molecule has 4 heterocycles. The molecule has 1 aromatic carbocycles. The number of hydroxylamine groups is 1. The third-order valence-electron chi connectivity index (χ3n) is 15.8. The van der Waals surface area contributed by atoms with Gasteiger partial charge in [0, 0.05) is 63.2 Å². The van der Waals surface area contributed by atoms with Crippen LogP contribution in [-0.4, -0.2) is 185 Å². The Labute approximate surface area is 426 Å². The number of carbonyl (C=O) groups is 2. The van der Waals surface area contributed by atoms with Crippen LogP contribution >= 0.6 is 0 Å². The van der Waals surface area contributed by atoms with Gasteiger partial charge in [-0.05, 0) is 106 Å². The second-order valence-electron chi connectivity index (χ2n) is 22.0. The lowest BCUT2D eigenvalue weighted by molar-refractivity contribution is -0.318. The molecule has 3 saturated heterocycles. The molecular formula is C52H88N6O14. The number of aryl methyl sites for hydroxylation is 1. The van der Waals surface area contributed by atoms with Gasteiger partial charge in [0.25, 0.3) is 0 Å². The lowest BCUT2D eigenvalue weighted by atomic mass is 9.77. The minimum absolute atomic E-state index is 0.0915. The summed E-state index contributed by atoms with van der Waals surface area (Å²) in [4.78, 5) is 29.9. The molecule has 3 fully saturated rings. The number of likely N-dealkylation sites (N-methyl/N-ethyl adjacent to an activating group) is 2. The maximum Gasteiger partial charge on any atom is 0.311 e. The van der Waals surface area contributed by atoms with Crippen LogP contribution in [0.5, 0.6) is 0 Å². The first kappa shape index (κ1) is 59.7. The van der Waals surface area contributed by atoms with Gasteiger partial charge in [0.1, 0.15) is 35.7 Å². The van der Waals surface area contributed by atoms with Gasteiger partial charge in [0.15, 0.2) is 12.6 Å². The van der Waals surface area contributed by atoms with Crippen molar-refractivity contribution < 1.29 is 68.8 Å². The largest absolute Gasteiger partial charge is 0.459 e. The van der Waals surface area contributed by atoms with Crippen molar-refractivity contribution in [3.8, 4) is 11.3 Å². The number of amides is 1. The summed E-state index contributed by atoms with van der Waals surface area (Å²) in [6.07, 6.45) is -4.98. The van der Waals surface area contributed by atoms with E-state index < -0.39 is 114 Å². The molecule has 2 aromatic rings. The van der Waals surface area contributed by atoms with Crippen molar-refractivity contribution in [2.75, 3.05) is 27.7 Å². The summed E-state index contributed by atoms with van der Waals surface area (Å²) in [5.74, 6) is -3.25. The Kier molecular flexibility index (Phi) is 21.2. The lowest BCUT2D eigenvalue weighted by Crippen LogP contribution is -2.60. The zero-order valence-corrected chi connectivity index (χ0v) is 45.0. The number of aliphatic hydroxyl groups excluding tert-OH is 3. The molecular weight excluding hydrogens is 933 g/mol. The van der Waals surface area contributed by atoms with Gasteiger partial charge in [-0.2, -0.15) is 0 Å². The van der Waals surface area contributed by atoms with Crippen LogP contribution in [0.2, 0.25) is 0 Å². The molecule has 7 N–H and O–H groups in total. The first-order valence-corrected chi connectivity index (χ1v) is 26.0. The SMILES string of the molecule is CC[C@H]1OC(=O)[C@H](C)[C@@H](O[C@H]2C[C@@](C)(OC)[C@@H](O)[C@H](C)O2)[C@H](C)[C@@H](O[C@@H]2O[C@H](C)C[C@H](N(C)Cc3ccccc3-c3cn(CCCCCC(=O)NO)nn3)[C@H]2O)[C@](C)(O)C[C@@H](C)CN(C)[C@H](C)[C@@H](O)[C@]1(C)O. The van der Waals surface area contributed by atoms with Crippen LogP contribution in [0.1, 0.15) is 126 Å². The van der Waals surface area contributed by atoms with Gasteiger partial charge in [0.2, 0.25) is 5.91 Å². The van der Waals surface area contributed by atoms with E-state index in [9.17, 15) is 35.1 Å². The Hall–Kier alpha value is -3.22. The Morgan fingerprint density at radius 1 is 0.972 bits per heavy atom. The number of aliphatic hydroxyl groups is 5. The third-order valence-corrected chi connectivity index (χ3v) is 15.8. The minimum atomic E-state index is -1.85. The highest BCUT2D eigenvalue weighted by Crippen LogP contribution is 2.40. The van der Waals surface area contributed by atoms with Gasteiger partial charge in [-0.15, -0.1) is 5.10 Å². The van der Waals surface area contributed by atoms with Gasteiger partial charge < -0.3 is 58.9 Å². The number of carbonyl (C=O) groups excluding carboxylic acids is 2. The summed E-state index contributed by atoms with van der Waals surface area (Å²) in [7, 11) is 5.27.